The van der Waals surface area contributed by atoms with Gasteiger partial charge in [-0.05, 0) is 38.1 Å². The number of carbonyl (C=O) groups excluding carboxylic acids is 2. The molecule has 4 aromatic rings. The van der Waals surface area contributed by atoms with Crippen LogP contribution in [0.15, 0.2) is 36.4 Å². The van der Waals surface area contributed by atoms with Gasteiger partial charge in [-0.25, -0.2) is 18.4 Å². The van der Waals surface area contributed by atoms with E-state index < -0.39 is 35.8 Å². The minimum Gasteiger partial charge on any atom is -0.456 e. The number of fused-ring (bicyclic) bond motifs is 2. The van der Waals surface area contributed by atoms with Gasteiger partial charge >= 0.3 is 11.9 Å². The fourth-order valence-corrected chi connectivity index (χ4v) is 4.50. The summed E-state index contributed by atoms with van der Waals surface area (Å²) in [5.41, 5.74) is 13.8. The summed E-state index contributed by atoms with van der Waals surface area (Å²) in [4.78, 5) is 24.7. The van der Waals surface area contributed by atoms with Crippen molar-refractivity contribution in [1.29, 1.82) is 0 Å². The van der Waals surface area contributed by atoms with Gasteiger partial charge in [-0.3, -0.25) is 9.36 Å². The number of ether oxygens (including phenoxy) is 2. The Bertz CT molecular complexity index is 1500. The van der Waals surface area contributed by atoms with Crippen molar-refractivity contribution in [2.24, 2.45) is 11.5 Å². The maximum Gasteiger partial charge on any atom is 0.331 e. The van der Waals surface area contributed by atoms with E-state index in [0.717, 1.165) is 12.2 Å². The van der Waals surface area contributed by atoms with Crippen LogP contribution in [0.5, 0.6) is 0 Å². The lowest BCUT2D eigenvalue weighted by molar-refractivity contribution is -0.146. The molecule has 0 radical (unpaired) electrons. The average molecular weight is 595 g/mol. The summed E-state index contributed by atoms with van der Waals surface area (Å²) in [5, 5.41) is 9.70. The van der Waals surface area contributed by atoms with Crippen molar-refractivity contribution in [3.05, 3.63) is 69.5 Å². The van der Waals surface area contributed by atoms with E-state index in [0.29, 0.717) is 33.2 Å². The van der Waals surface area contributed by atoms with Gasteiger partial charge in [0.25, 0.3) is 0 Å². The number of nitrogens with zero attached hydrogens (tertiary/aromatic N) is 4. The predicted molar refractivity (Wildman–Crippen MR) is 146 cm³/mol. The second-order valence-corrected chi connectivity index (χ2v) is 9.84. The third-order valence-electron chi connectivity index (χ3n) is 6.15. The van der Waals surface area contributed by atoms with E-state index in [2.05, 4.69) is 10.2 Å². The van der Waals surface area contributed by atoms with Gasteiger partial charge in [-0.15, -0.1) is 0 Å². The molecule has 0 spiro atoms. The molecule has 212 valence electrons. The maximum absolute atomic E-state index is 13.9. The zero-order valence-corrected chi connectivity index (χ0v) is 23.0. The highest BCUT2D eigenvalue weighted by Crippen LogP contribution is 2.27. The van der Waals surface area contributed by atoms with Crippen LogP contribution in [0.2, 0.25) is 10.0 Å². The Morgan fingerprint density at radius 3 is 1.55 bits per heavy atom. The second-order valence-electron chi connectivity index (χ2n) is 9.02. The molecular weight excluding hydrogens is 569 g/mol. The number of halogens is 4. The van der Waals surface area contributed by atoms with Gasteiger partial charge in [0, 0.05) is 36.0 Å². The van der Waals surface area contributed by atoms with E-state index in [1.54, 1.807) is 13.8 Å². The molecule has 0 aliphatic rings. The molecule has 4 rings (SSSR count). The summed E-state index contributed by atoms with van der Waals surface area (Å²) < 4.78 is 41.5. The van der Waals surface area contributed by atoms with Crippen LogP contribution in [0.4, 0.5) is 8.78 Å². The van der Waals surface area contributed by atoms with E-state index >= 15 is 0 Å². The number of hydrogen-bond acceptors (Lipinski definition) is 8. The first-order chi connectivity index (χ1) is 19.0. The Kier molecular flexibility index (Phi) is 9.04. The first kappa shape index (κ1) is 29.4. The number of benzene rings is 2. The largest absolute Gasteiger partial charge is 0.456 e. The van der Waals surface area contributed by atoms with Crippen LogP contribution in [0, 0.1) is 25.5 Å². The SMILES string of the molecule is Cc1nn(CC(CN)OC(=O)/C=C/C(=O)OC(CN)Cn2nc(C)c3cc(F)c(Cl)cc32)c2cc(Cl)c(F)cc12. The number of nitrogens with two attached hydrogens (primary N) is 2. The van der Waals surface area contributed by atoms with Gasteiger partial charge in [0.15, 0.2) is 0 Å². The van der Waals surface area contributed by atoms with Crippen LogP contribution >= 0.6 is 23.2 Å². The molecule has 0 saturated carbocycles. The summed E-state index contributed by atoms with van der Waals surface area (Å²) in [7, 11) is 0. The zero-order valence-electron chi connectivity index (χ0n) is 21.5. The van der Waals surface area contributed by atoms with Crippen molar-refractivity contribution < 1.29 is 27.8 Å². The minimum atomic E-state index is -0.834. The fourth-order valence-electron chi connectivity index (χ4n) is 4.18. The average Bonchev–Trinajstić information content (AvgIpc) is 3.37. The molecule has 2 unspecified atom stereocenters. The second kappa shape index (κ2) is 12.3. The molecular formula is C26H26Cl2F2N6O4. The third kappa shape index (κ3) is 6.41. The molecule has 2 atom stereocenters. The molecule has 0 saturated heterocycles. The Labute approximate surface area is 237 Å². The summed E-state index contributed by atoms with van der Waals surface area (Å²) in [5.74, 6) is -2.81. The highest BCUT2D eigenvalue weighted by Gasteiger charge is 2.19. The van der Waals surface area contributed by atoms with Crippen molar-refractivity contribution in [1.82, 2.24) is 19.6 Å². The number of rotatable bonds is 10. The van der Waals surface area contributed by atoms with Crippen LogP contribution in [-0.2, 0) is 32.2 Å². The predicted octanol–water partition coefficient (Wildman–Crippen LogP) is 3.59. The standard InChI is InChI=1S/C26H26Cl2F2N6O4/c1-13-17-5-21(29)19(27)7-23(17)35(33-13)11-15(9-31)39-25(37)3-4-26(38)40-16(10-32)12-36-24-8-20(28)22(30)6-18(24)14(2)34-36/h3-8,15-16H,9-12,31-32H2,1-2H3/b4-3+. The van der Waals surface area contributed by atoms with E-state index in [1.165, 1.54) is 33.6 Å². The normalized spacial score (nSPS) is 13.3. The molecule has 2 heterocycles. The van der Waals surface area contributed by atoms with Gasteiger partial charge in [0.1, 0.15) is 23.8 Å². The van der Waals surface area contributed by atoms with Gasteiger partial charge in [-0.1, -0.05) is 23.2 Å². The topological polar surface area (TPSA) is 140 Å². The van der Waals surface area contributed by atoms with Crippen molar-refractivity contribution >= 4 is 56.9 Å². The molecule has 14 heteroatoms. The minimum absolute atomic E-state index is 0.0419. The first-order valence-corrected chi connectivity index (χ1v) is 12.9. The number of hydrogen-bond donors (Lipinski definition) is 2. The maximum atomic E-state index is 13.9. The molecule has 40 heavy (non-hydrogen) atoms. The Morgan fingerprint density at radius 2 is 1.20 bits per heavy atom. The molecule has 0 aliphatic heterocycles. The summed E-state index contributed by atoms with van der Waals surface area (Å²) >= 11 is 11.8. The Balaban J connectivity index is 1.37. The molecule has 4 N–H and O–H groups in total. The van der Waals surface area contributed by atoms with Crippen molar-refractivity contribution in [2.45, 2.75) is 39.1 Å². The lowest BCUT2D eigenvalue weighted by Gasteiger charge is -2.16. The third-order valence-corrected chi connectivity index (χ3v) is 6.73. The van der Waals surface area contributed by atoms with Gasteiger partial charge in [-0.2, -0.15) is 10.2 Å². The Hall–Kier alpha value is -3.58. The van der Waals surface area contributed by atoms with Crippen molar-refractivity contribution in [2.75, 3.05) is 13.1 Å². The molecule has 10 nitrogen and oxygen atoms in total. The van der Waals surface area contributed by atoms with Crippen LogP contribution in [-0.4, -0.2) is 56.8 Å². The van der Waals surface area contributed by atoms with Crippen molar-refractivity contribution in [3.63, 3.8) is 0 Å². The quantitative estimate of drug-likeness (QED) is 0.210. The molecule has 2 aromatic carbocycles. The van der Waals surface area contributed by atoms with E-state index in [-0.39, 0.29) is 36.2 Å². The van der Waals surface area contributed by atoms with Crippen LogP contribution in [0.1, 0.15) is 11.4 Å². The summed E-state index contributed by atoms with van der Waals surface area (Å²) in [6.07, 6.45) is 0.217. The van der Waals surface area contributed by atoms with Crippen LogP contribution in [0.3, 0.4) is 0 Å². The number of aryl methyl sites for hydroxylation is 2. The molecule has 0 fully saturated rings. The fraction of sp³-hybridized carbons (Fsp3) is 0.308. The molecule has 0 amide bonds. The zero-order chi connectivity index (χ0) is 29.1. The molecule has 2 aromatic heterocycles. The van der Waals surface area contributed by atoms with Crippen molar-refractivity contribution in [3.8, 4) is 0 Å². The number of esters is 2. The number of carbonyl (C=O) groups is 2. The van der Waals surface area contributed by atoms with E-state index in [1.807, 2.05) is 0 Å². The van der Waals surface area contributed by atoms with Gasteiger partial charge < -0.3 is 20.9 Å². The summed E-state index contributed by atoms with van der Waals surface area (Å²) in [6.45, 7) is 3.49. The monoisotopic (exact) mass is 594 g/mol. The lowest BCUT2D eigenvalue weighted by Crippen LogP contribution is -2.31. The number of aromatic nitrogens is 4. The highest BCUT2D eigenvalue weighted by atomic mass is 35.5. The lowest BCUT2D eigenvalue weighted by atomic mass is 10.2. The van der Waals surface area contributed by atoms with E-state index in [9.17, 15) is 18.4 Å². The van der Waals surface area contributed by atoms with Crippen LogP contribution in [0.25, 0.3) is 21.8 Å². The van der Waals surface area contributed by atoms with Gasteiger partial charge in [0.2, 0.25) is 0 Å². The first-order valence-electron chi connectivity index (χ1n) is 12.1. The highest BCUT2D eigenvalue weighted by molar-refractivity contribution is 6.31. The Morgan fingerprint density at radius 1 is 0.825 bits per heavy atom. The van der Waals surface area contributed by atoms with Crippen LogP contribution < -0.4 is 11.5 Å². The van der Waals surface area contributed by atoms with E-state index in [4.69, 9.17) is 44.1 Å². The molecule has 0 bridgehead atoms. The van der Waals surface area contributed by atoms with Gasteiger partial charge in [0.05, 0.1) is 45.6 Å². The molecule has 0 aliphatic carbocycles. The smallest absolute Gasteiger partial charge is 0.331 e. The summed E-state index contributed by atoms with van der Waals surface area (Å²) in [6, 6.07) is 5.44.